The minimum absolute atomic E-state index is 0.0276. The second-order valence-electron chi connectivity index (χ2n) is 7.76. The highest BCUT2D eigenvalue weighted by Gasteiger charge is 2.25. The van der Waals surface area contributed by atoms with Crippen LogP contribution in [-0.2, 0) is 0 Å². The molecule has 0 atom stereocenters. The Kier molecular flexibility index (Phi) is 5.21. The van der Waals surface area contributed by atoms with Crippen molar-refractivity contribution in [1.82, 2.24) is 30.0 Å². The molecule has 0 fully saturated rings. The maximum Gasteiger partial charge on any atom is 0.262 e. The topological polar surface area (TPSA) is 125 Å². The quantitative estimate of drug-likeness (QED) is 0.337. The summed E-state index contributed by atoms with van der Waals surface area (Å²) in [6, 6.07) is 10.1. The first-order valence-corrected chi connectivity index (χ1v) is 10.3. The van der Waals surface area contributed by atoms with Crippen molar-refractivity contribution in [2.75, 3.05) is 19.4 Å². The Morgan fingerprint density at radius 1 is 1.21 bits per heavy atom. The Labute approximate surface area is 192 Å². The van der Waals surface area contributed by atoms with Crippen LogP contribution in [0.15, 0.2) is 53.4 Å². The van der Waals surface area contributed by atoms with Crippen LogP contribution in [0.2, 0.25) is 0 Å². The number of ether oxygens (including phenoxy) is 1. The first-order chi connectivity index (χ1) is 16.4. The summed E-state index contributed by atoms with van der Waals surface area (Å²) >= 11 is 0. The number of fused-ring (bicyclic) bond motifs is 1. The van der Waals surface area contributed by atoms with Crippen molar-refractivity contribution in [3.8, 4) is 23.1 Å². The number of furan rings is 1. The van der Waals surface area contributed by atoms with Gasteiger partial charge in [0.15, 0.2) is 29.0 Å². The fraction of sp³-hybridized carbons (Fsp3) is 0.130. The Bertz CT molecular complexity index is 1490. The molecule has 11 heteroatoms. The molecule has 0 radical (unpaired) electrons. The predicted octanol–water partition coefficient (Wildman–Crippen LogP) is 4.63. The van der Waals surface area contributed by atoms with Gasteiger partial charge in [0.1, 0.15) is 17.6 Å². The van der Waals surface area contributed by atoms with E-state index in [1.807, 2.05) is 6.92 Å². The maximum atomic E-state index is 15.1. The molecule has 0 bridgehead atoms. The fourth-order valence-corrected chi connectivity index (χ4v) is 3.49. The van der Waals surface area contributed by atoms with Gasteiger partial charge in [-0.25, -0.2) is 14.4 Å². The van der Waals surface area contributed by atoms with Gasteiger partial charge < -0.3 is 24.4 Å². The number of rotatable bonds is 6. The highest BCUT2D eigenvalue weighted by molar-refractivity contribution is 6.01. The van der Waals surface area contributed by atoms with Gasteiger partial charge in [0.05, 0.1) is 6.26 Å². The summed E-state index contributed by atoms with van der Waals surface area (Å²) in [7, 11) is 3.17. The molecule has 1 amide bonds. The minimum atomic E-state index is -0.561. The molecule has 0 saturated carbocycles. The third-order valence-electron chi connectivity index (χ3n) is 5.09. The van der Waals surface area contributed by atoms with Gasteiger partial charge in [-0.05, 0) is 37.3 Å². The second-order valence-corrected chi connectivity index (χ2v) is 7.76. The van der Waals surface area contributed by atoms with Crippen LogP contribution in [0.4, 0.5) is 16.0 Å². The van der Waals surface area contributed by atoms with E-state index >= 15 is 4.39 Å². The number of halogens is 1. The Morgan fingerprint density at radius 3 is 2.82 bits per heavy atom. The maximum absolute atomic E-state index is 15.1. The van der Waals surface area contributed by atoms with Crippen LogP contribution < -0.4 is 10.1 Å². The van der Waals surface area contributed by atoms with E-state index in [1.54, 1.807) is 50.7 Å². The zero-order valence-electron chi connectivity index (χ0n) is 18.5. The normalized spacial score (nSPS) is 11.1. The number of aromatic amines is 2. The first kappa shape index (κ1) is 21.2. The summed E-state index contributed by atoms with van der Waals surface area (Å²) in [6.45, 7) is 1.84. The van der Waals surface area contributed by atoms with Gasteiger partial charge >= 0.3 is 0 Å². The number of carbonyl (C=O) groups excluding carboxylic acids is 1. The summed E-state index contributed by atoms with van der Waals surface area (Å²) in [6.07, 6.45) is 2.78. The molecule has 10 nitrogen and oxygen atoms in total. The van der Waals surface area contributed by atoms with E-state index in [0.29, 0.717) is 28.2 Å². The van der Waals surface area contributed by atoms with Crippen molar-refractivity contribution in [2.24, 2.45) is 0 Å². The van der Waals surface area contributed by atoms with Gasteiger partial charge in [0.25, 0.3) is 5.91 Å². The smallest absolute Gasteiger partial charge is 0.262 e. The van der Waals surface area contributed by atoms with Crippen molar-refractivity contribution >= 4 is 28.4 Å². The molecular weight excluding hydrogens is 441 g/mol. The molecule has 0 saturated heterocycles. The van der Waals surface area contributed by atoms with Crippen LogP contribution in [0.5, 0.6) is 11.6 Å². The number of nitrogens with zero attached hydrogens (tertiary/aromatic N) is 4. The van der Waals surface area contributed by atoms with Crippen LogP contribution in [0.1, 0.15) is 16.1 Å². The van der Waals surface area contributed by atoms with E-state index in [4.69, 9.17) is 9.15 Å². The Balaban J connectivity index is 1.53. The van der Waals surface area contributed by atoms with E-state index in [9.17, 15) is 4.79 Å². The molecule has 1 aromatic carbocycles. The van der Waals surface area contributed by atoms with Gasteiger partial charge in [0.2, 0.25) is 5.88 Å². The number of nitrogens with one attached hydrogen (secondary N) is 3. The predicted molar refractivity (Wildman–Crippen MR) is 123 cm³/mol. The average molecular weight is 461 g/mol. The van der Waals surface area contributed by atoms with Gasteiger partial charge in [-0.2, -0.15) is 5.10 Å². The zero-order chi connectivity index (χ0) is 23.8. The molecule has 172 valence electrons. The lowest BCUT2D eigenvalue weighted by atomic mass is 10.2. The molecule has 0 aliphatic carbocycles. The standard InChI is InChI=1S/C23H20FN7O3/c1-12-9-13-14(27-12)6-7-17(20(13)24)34-22-19(23(32)31(2)3)21(25-11-26-22)28-18-10-15(29-30-18)16-5-4-8-33-16/h4-11,27H,1-3H3,(H2,25,26,28,29,30). The van der Waals surface area contributed by atoms with Crippen molar-refractivity contribution in [2.45, 2.75) is 6.92 Å². The van der Waals surface area contributed by atoms with Crippen molar-refractivity contribution in [1.29, 1.82) is 0 Å². The summed E-state index contributed by atoms with van der Waals surface area (Å²) in [5.74, 6) is -0.0121. The van der Waals surface area contributed by atoms with Gasteiger partial charge in [-0.1, -0.05) is 0 Å². The summed E-state index contributed by atoms with van der Waals surface area (Å²) in [4.78, 5) is 25.8. The average Bonchev–Trinajstić information content (AvgIpc) is 3.56. The zero-order valence-corrected chi connectivity index (χ0v) is 18.5. The molecule has 5 aromatic rings. The number of benzene rings is 1. The van der Waals surface area contributed by atoms with E-state index < -0.39 is 11.7 Å². The molecule has 4 heterocycles. The van der Waals surface area contributed by atoms with Crippen molar-refractivity contribution < 1.29 is 18.3 Å². The number of hydrogen-bond acceptors (Lipinski definition) is 7. The van der Waals surface area contributed by atoms with Crippen LogP contribution in [0.25, 0.3) is 22.4 Å². The van der Waals surface area contributed by atoms with Gasteiger partial charge in [-0.15, -0.1) is 0 Å². The SMILES string of the molecule is Cc1cc2c(F)c(Oc3ncnc(Nc4cc(-c5ccco5)[nH]n4)c3C(=O)N(C)C)ccc2[nH]1. The van der Waals surface area contributed by atoms with E-state index in [1.165, 1.54) is 17.3 Å². The monoisotopic (exact) mass is 461 g/mol. The van der Waals surface area contributed by atoms with Crippen molar-refractivity contribution in [3.63, 3.8) is 0 Å². The van der Waals surface area contributed by atoms with Crippen LogP contribution >= 0.6 is 0 Å². The number of hydrogen-bond donors (Lipinski definition) is 3. The largest absolute Gasteiger partial charge is 0.463 e. The lowest BCUT2D eigenvalue weighted by molar-refractivity contribution is 0.0825. The molecule has 0 spiro atoms. The lowest BCUT2D eigenvalue weighted by Crippen LogP contribution is -2.24. The highest BCUT2D eigenvalue weighted by atomic mass is 19.1. The molecule has 5 rings (SSSR count). The van der Waals surface area contributed by atoms with Gasteiger partial charge in [-0.3, -0.25) is 9.89 Å². The number of anilines is 2. The molecule has 3 N–H and O–H groups in total. The Morgan fingerprint density at radius 2 is 2.06 bits per heavy atom. The summed E-state index contributed by atoms with van der Waals surface area (Å²) in [5, 5.41) is 10.4. The molecule has 4 aromatic heterocycles. The van der Waals surface area contributed by atoms with Crippen LogP contribution in [0, 0.1) is 12.7 Å². The Hall–Kier alpha value is -4.67. The lowest BCUT2D eigenvalue weighted by Gasteiger charge is -2.17. The van der Waals surface area contributed by atoms with Crippen LogP contribution in [0.3, 0.4) is 0 Å². The first-order valence-electron chi connectivity index (χ1n) is 10.3. The molecule has 0 aliphatic heterocycles. The third-order valence-corrected chi connectivity index (χ3v) is 5.09. The van der Waals surface area contributed by atoms with Crippen molar-refractivity contribution in [3.05, 3.63) is 66.1 Å². The second kappa shape index (κ2) is 8.35. The minimum Gasteiger partial charge on any atom is -0.463 e. The number of aromatic nitrogens is 5. The molecule has 34 heavy (non-hydrogen) atoms. The fourth-order valence-electron chi connectivity index (χ4n) is 3.49. The van der Waals surface area contributed by atoms with E-state index in [2.05, 4.69) is 30.5 Å². The number of aryl methyl sites for hydroxylation is 1. The number of carbonyl (C=O) groups is 1. The number of amides is 1. The molecule has 0 aliphatic rings. The van der Waals surface area contributed by atoms with E-state index in [-0.39, 0.29) is 23.0 Å². The van der Waals surface area contributed by atoms with Gasteiger partial charge in [0, 0.05) is 36.8 Å². The number of H-pyrrole nitrogens is 2. The highest BCUT2D eigenvalue weighted by Crippen LogP contribution is 2.34. The third kappa shape index (κ3) is 3.83. The molecule has 0 unspecified atom stereocenters. The van der Waals surface area contributed by atoms with Crippen LogP contribution in [-0.4, -0.2) is 50.1 Å². The summed E-state index contributed by atoms with van der Waals surface area (Å²) in [5.41, 5.74) is 2.12. The summed E-state index contributed by atoms with van der Waals surface area (Å²) < 4.78 is 26.3. The van der Waals surface area contributed by atoms with E-state index in [0.717, 1.165) is 5.69 Å². The molecular formula is C23H20FN7O3.